The van der Waals surface area contributed by atoms with Crippen LogP contribution in [-0.2, 0) is 0 Å². The molecule has 0 radical (unpaired) electrons. The second kappa shape index (κ2) is 116. The summed E-state index contributed by atoms with van der Waals surface area (Å²) in [4.78, 5) is 0. The fourth-order valence-electron chi connectivity index (χ4n) is 0. The monoisotopic (exact) mass is 1040 g/mol. The number of hydrogen-bond donors (Lipinski definition) is 46. The van der Waals surface area contributed by atoms with Crippen molar-refractivity contribution in [2.24, 2.45) is 0 Å². The quantitative estimate of drug-likeness (QED) is 0.100. The minimum atomic E-state index is -2.67. The average molecular weight is 1030 g/mol. The van der Waals surface area contributed by atoms with Crippen LogP contribution in [0.2, 0.25) is 0 Å². The van der Waals surface area contributed by atoms with E-state index in [1.165, 1.54) is 0 Å². The van der Waals surface area contributed by atoms with Crippen molar-refractivity contribution in [3.8, 4) is 0 Å². The molecule has 384 valence electrons. The van der Waals surface area contributed by atoms with Gasteiger partial charge in [0.05, 0.1) is 7.32 Å². The van der Waals surface area contributed by atoms with E-state index in [1.54, 1.807) is 0 Å². The van der Waals surface area contributed by atoms with E-state index in [9.17, 15) is 0 Å². The zero-order valence-corrected chi connectivity index (χ0v) is 36.6. The SMILES string of the molecule is OB(O)O.OB(O)O.OB(O)O.OB(O)O.OB(O)O.OB(O)O.OB(O)O.OB(O)O.OB(O)O.OB(O)O.OB(O)O.OB(O)O.OB(O)O.OB(O)O.OB(O)O.[Na+].[Na+].[O-]B([O-])O. The molecule has 0 aliphatic rings. The first-order valence-electron chi connectivity index (χ1n) is 12.3. The summed E-state index contributed by atoms with van der Waals surface area (Å²) < 4.78 is 0. The predicted octanol–water partition coefficient (Wildman–Crippen LogP) is -40.1. The fourth-order valence-corrected chi connectivity index (χ4v) is 0. The second-order valence-corrected chi connectivity index (χ2v) is 5.50. The molecule has 0 atom stereocenters. The van der Waals surface area contributed by atoms with Gasteiger partial charge in [0.2, 0.25) is 0 Å². The molecular weight excluding hydrogens is 987 g/mol. The van der Waals surface area contributed by atoms with Crippen LogP contribution in [0, 0.1) is 0 Å². The van der Waals surface area contributed by atoms with E-state index >= 15 is 0 Å². The Bertz CT molecular complexity index is 333. The second-order valence-electron chi connectivity index (χ2n) is 5.50. The molecule has 0 unspecified atom stereocenters. The maximum Gasteiger partial charge on any atom is 1.00 e. The summed E-state index contributed by atoms with van der Waals surface area (Å²) in [7, 11) is -35.2. The van der Waals surface area contributed by atoms with Crippen LogP contribution in [0.5, 0.6) is 0 Å². The smallest absolute Gasteiger partial charge is 0.871 e. The summed E-state index contributed by atoms with van der Waals surface area (Å²) in [5, 5.41) is 347. The molecule has 66 heteroatoms. The third-order valence-corrected chi connectivity index (χ3v) is 0. The summed E-state index contributed by atoms with van der Waals surface area (Å²) in [6.45, 7) is 0. The molecule has 66 heavy (non-hydrogen) atoms. The first-order chi connectivity index (χ1) is 27.7. The molecule has 0 bridgehead atoms. The van der Waals surface area contributed by atoms with E-state index in [0.29, 0.717) is 0 Å². The first kappa shape index (κ1) is 122. The molecule has 0 aliphatic heterocycles. The molecule has 0 saturated heterocycles. The van der Waals surface area contributed by atoms with Gasteiger partial charge >= 0.3 is 169 Å². The normalized spacial score (nSPS) is 6.55. The molecule has 0 aliphatic carbocycles. The maximum absolute atomic E-state index is 8.53. The van der Waals surface area contributed by atoms with Crippen molar-refractivity contribution >= 4 is 117 Å². The Balaban J connectivity index is -0.0000000232. The third-order valence-electron chi connectivity index (χ3n) is 0. The van der Waals surface area contributed by atoms with Gasteiger partial charge in [-0.15, -0.1) is 0 Å². The number of hydrogen-bond acceptors (Lipinski definition) is 48. The van der Waals surface area contributed by atoms with Crippen molar-refractivity contribution in [3.63, 3.8) is 0 Å². The molecule has 0 heterocycles. The van der Waals surface area contributed by atoms with E-state index in [-0.39, 0.29) is 59.1 Å². The predicted molar refractivity (Wildman–Crippen MR) is 194 cm³/mol. The van der Waals surface area contributed by atoms with E-state index in [2.05, 4.69) is 0 Å². The van der Waals surface area contributed by atoms with Crippen molar-refractivity contribution in [1.29, 1.82) is 0 Å². The minimum Gasteiger partial charge on any atom is -0.871 e. The zero-order valence-electron chi connectivity index (χ0n) is 32.6. The summed E-state index contributed by atoms with van der Waals surface area (Å²) in [5.41, 5.74) is 0. The minimum absolute atomic E-state index is 0. The molecule has 0 aromatic carbocycles. The first-order valence-corrected chi connectivity index (χ1v) is 12.3. The van der Waals surface area contributed by atoms with Crippen LogP contribution in [-0.4, -0.2) is 348 Å². The number of rotatable bonds is 0. The largest absolute Gasteiger partial charge is 1.00 e. The van der Waals surface area contributed by atoms with Crippen LogP contribution in [0.15, 0.2) is 0 Å². The molecule has 0 aromatic heterocycles. The van der Waals surface area contributed by atoms with Gasteiger partial charge < -0.3 is 241 Å². The van der Waals surface area contributed by atoms with Crippen molar-refractivity contribution in [2.75, 3.05) is 0 Å². The van der Waals surface area contributed by atoms with Gasteiger partial charge in [0.25, 0.3) is 0 Å². The van der Waals surface area contributed by atoms with E-state index in [4.69, 9.17) is 241 Å². The molecule has 0 amide bonds. The van der Waals surface area contributed by atoms with Crippen molar-refractivity contribution in [2.45, 2.75) is 0 Å². The van der Waals surface area contributed by atoms with Crippen LogP contribution in [0.3, 0.4) is 0 Å². The fraction of sp³-hybridized carbons (Fsp3) is 0. The molecule has 46 N–H and O–H groups in total. The zero-order chi connectivity index (χ0) is 57.2. The van der Waals surface area contributed by atoms with Crippen LogP contribution in [0.1, 0.15) is 0 Å². The van der Waals surface area contributed by atoms with Gasteiger partial charge in [-0.25, -0.2) is 0 Å². The standard InChI is InChI=1S/15BH3O3.BHO3.2Na/c16*2-1(3)4;;/h15*2-4H;2H;;/q;;;;;;;;;;;;;;;-2;2*+1. The Kier molecular flexibility index (Phi) is 214. The Hall–Kier alpha value is 1.12. The molecule has 0 saturated carbocycles. The van der Waals surface area contributed by atoms with Crippen molar-refractivity contribution < 1.29 is 300 Å². The summed E-state index contributed by atoms with van der Waals surface area (Å²) in [6.07, 6.45) is 0. The van der Waals surface area contributed by atoms with E-state index < -0.39 is 117 Å². The summed E-state index contributed by atoms with van der Waals surface area (Å²) >= 11 is 0. The average Bonchev–Trinajstić information content (AvgIpc) is 2.83. The Morgan fingerprint density at radius 2 is 0.121 bits per heavy atom. The molecule has 0 rings (SSSR count). The molecule has 0 fully saturated rings. The van der Waals surface area contributed by atoms with Crippen LogP contribution >= 0.6 is 0 Å². The van der Waals surface area contributed by atoms with Gasteiger partial charge in [-0.1, -0.05) is 0 Å². The molecule has 0 spiro atoms. The Labute approximate surface area is 415 Å². The van der Waals surface area contributed by atoms with Gasteiger partial charge in [-0.3, -0.25) is 0 Å². The van der Waals surface area contributed by atoms with Gasteiger partial charge in [0.15, 0.2) is 0 Å². The van der Waals surface area contributed by atoms with E-state index in [0.717, 1.165) is 0 Å². The van der Waals surface area contributed by atoms with Crippen LogP contribution < -0.4 is 69.2 Å². The Morgan fingerprint density at radius 3 is 0.121 bits per heavy atom. The topological polar surface area (TPSA) is 977 Å². The third kappa shape index (κ3) is 214000. The van der Waals surface area contributed by atoms with E-state index in [1.807, 2.05) is 0 Å². The Morgan fingerprint density at radius 1 is 0.121 bits per heavy atom. The van der Waals surface area contributed by atoms with Gasteiger partial charge in [0, 0.05) is 0 Å². The molecular formula is H46B16Na2O48. The van der Waals surface area contributed by atoms with Crippen molar-refractivity contribution in [3.05, 3.63) is 0 Å². The van der Waals surface area contributed by atoms with Crippen LogP contribution in [0.4, 0.5) is 0 Å². The summed E-state index contributed by atoms with van der Waals surface area (Å²) in [5.74, 6) is 0. The maximum atomic E-state index is 8.53. The van der Waals surface area contributed by atoms with Gasteiger partial charge in [-0.2, -0.15) is 0 Å². The molecule has 48 nitrogen and oxygen atoms in total. The van der Waals surface area contributed by atoms with Crippen molar-refractivity contribution in [1.82, 2.24) is 0 Å². The van der Waals surface area contributed by atoms with Crippen LogP contribution in [0.25, 0.3) is 0 Å². The summed E-state index contributed by atoms with van der Waals surface area (Å²) in [6, 6.07) is 0. The van der Waals surface area contributed by atoms with Gasteiger partial charge in [-0.05, 0) is 0 Å². The molecule has 0 aromatic rings. The van der Waals surface area contributed by atoms with Gasteiger partial charge in [0.1, 0.15) is 0 Å².